The topological polar surface area (TPSA) is 76.4 Å². The monoisotopic (exact) mass is 513 g/mol. The van der Waals surface area contributed by atoms with Crippen LogP contribution in [0.3, 0.4) is 0 Å². The number of rotatable bonds is 5. The van der Waals surface area contributed by atoms with Gasteiger partial charge in [-0.3, -0.25) is 4.79 Å². The van der Waals surface area contributed by atoms with Crippen LogP contribution in [0.1, 0.15) is 57.1 Å². The molecule has 2 saturated heterocycles. The van der Waals surface area contributed by atoms with Gasteiger partial charge in [0.05, 0.1) is 24.8 Å². The predicted octanol–water partition coefficient (Wildman–Crippen LogP) is 5.30. The Morgan fingerprint density at radius 3 is 2.51 bits per heavy atom. The standard InChI is InChI=1S/C28H33Cl2N3O2/c1-27(2,3)15-23-28(17-31,19-9-11-20(29)12-10-19)24(18-6-4-7-21(30)14-18)25(32-23)26(35)33-13-5-8-22(33)16-34/h4,6-7,9-12,14,22-25,32,34H,5,8,13,15-16H2,1-3H3/t22?,23-,24-,25+,28-/m0/s1. The second-order valence-electron chi connectivity index (χ2n) is 11.0. The van der Waals surface area contributed by atoms with Gasteiger partial charge in [0.25, 0.3) is 0 Å². The van der Waals surface area contributed by atoms with Crippen LogP contribution in [0.15, 0.2) is 48.5 Å². The van der Waals surface area contributed by atoms with Gasteiger partial charge in [0.1, 0.15) is 5.41 Å². The van der Waals surface area contributed by atoms with Crippen LogP contribution >= 0.6 is 23.2 Å². The van der Waals surface area contributed by atoms with Gasteiger partial charge in [-0.25, -0.2) is 0 Å². The molecule has 2 N–H and O–H groups in total. The van der Waals surface area contributed by atoms with Crippen LogP contribution in [0.5, 0.6) is 0 Å². The number of nitrogens with one attached hydrogen (secondary N) is 1. The number of aliphatic hydroxyl groups excluding tert-OH is 1. The lowest BCUT2D eigenvalue weighted by molar-refractivity contribution is -0.135. The maximum absolute atomic E-state index is 14.1. The average molecular weight is 514 g/mol. The van der Waals surface area contributed by atoms with Gasteiger partial charge in [-0.1, -0.05) is 68.2 Å². The zero-order valence-corrected chi connectivity index (χ0v) is 22.0. The number of nitriles is 1. The van der Waals surface area contributed by atoms with Crippen molar-refractivity contribution in [1.29, 1.82) is 5.26 Å². The second kappa shape index (κ2) is 10.1. The number of hydrogen-bond donors (Lipinski definition) is 2. The Balaban J connectivity index is 1.92. The molecule has 2 heterocycles. The molecule has 0 radical (unpaired) electrons. The van der Waals surface area contributed by atoms with E-state index in [-0.39, 0.29) is 30.0 Å². The molecule has 2 aliphatic heterocycles. The Hall–Kier alpha value is -2.10. The average Bonchev–Trinajstić information content (AvgIpc) is 3.41. The van der Waals surface area contributed by atoms with Crippen LogP contribution in [0.25, 0.3) is 0 Å². The van der Waals surface area contributed by atoms with Crippen molar-refractivity contribution in [2.24, 2.45) is 5.41 Å². The summed E-state index contributed by atoms with van der Waals surface area (Å²) in [5.74, 6) is -0.552. The Morgan fingerprint density at radius 1 is 1.20 bits per heavy atom. The number of halogens is 2. The van der Waals surface area contributed by atoms with E-state index in [4.69, 9.17) is 23.2 Å². The number of hydrogen-bond acceptors (Lipinski definition) is 4. The Labute approximate surface area is 218 Å². The summed E-state index contributed by atoms with van der Waals surface area (Å²) in [5.41, 5.74) is 0.546. The van der Waals surface area contributed by atoms with E-state index in [2.05, 4.69) is 32.2 Å². The third-order valence-electron chi connectivity index (χ3n) is 7.42. The fourth-order valence-electron chi connectivity index (χ4n) is 5.94. The molecule has 0 bridgehead atoms. The SMILES string of the molecule is CC(C)(C)C[C@@H]1N[C@@H](C(=O)N2CCCC2CO)[C@H](c2cccc(Cl)c2)[C@@]1(C#N)c1ccc(Cl)cc1. The summed E-state index contributed by atoms with van der Waals surface area (Å²) >= 11 is 12.6. The molecule has 2 aromatic rings. The van der Waals surface area contributed by atoms with Crippen molar-refractivity contribution in [3.63, 3.8) is 0 Å². The van der Waals surface area contributed by atoms with Crippen LogP contribution < -0.4 is 5.32 Å². The number of nitrogens with zero attached hydrogens (tertiary/aromatic N) is 2. The van der Waals surface area contributed by atoms with E-state index in [1.165, 1.54) is 0 Å². The number of benzene rings is 2. The summed E-state index contributed by atoms with van der Waals surface area (Å²) in [5, 5.41) is 25.6. The highest BCUT2D eigenvalue weighted by Gasteiger charge is 2.60. The first-order chi connectivity index (χ1) is 16.6. The number of aliphatic hydroxyl groups is 1. The molecule has 0 aliphatic carbocycles. The van der Waals surface area contributed by atoms with Gasteiger partial charge in [0.15, 0.2) is 0 Å². The third kappa shape index (κ3) is 4.95. The van der Waals surface area contributed by atoms with E-state index in [0.29, 0.717) is 23.0 Å². The van der Waals surface area contributed by atoms with Crippen LogP contribution in [-0.4, -0.2) is 47.2 Å². The normalized spacial score (nSPS) is 28.8. The fraction of sp³-hybridized carbons (Fsp3) is 0.500. The molecule has 4 rings (SSSR count). The van der Waals surface area contributed by atoms with E-state index in [9.17, 15) is 15.2 Å². The van der Waals surface area contributed by atoms with Crippen molar-refractivity contribution in [3.8, 4) is 6.07 Å². The summed E-state index contributed by atoms with van der Waals surface area (Å²) in [7, 11) is 0. The lowest BCUT2D eigenvalue weighted by Crippen LogP contribution is -2.49. The Bertz CT molecular complexity index is 1110. The van der Waals surface area contributed by atoms with Gasteiger partial charge >= 0.3 is 0 Å². The third-order valence-corrected chi connectivity index (χ3v) is 7.91. The van der Waals surface area contributed by atoms with Gasteiger partial charge in [-0.15, -0.1) is 0 Å². The van der Waals surface area contributed by atoms with E-state index < -0.39 is 17.4 Å². The number of carbonyl (C=O) groups is 1. The zero-order valence-electron chi connectivity index (χ0n) is 20.5. The zero-order chi connectivity index (χ0) is 25.4. The second-order valence-corrected chi connectivity index (χ2v) is 11.9. The Morgan fingerprint density at radius 2 is 1.91 bits per heavy atom. The number of amides is 1. The molecule has 2 fully saturated rings. The molecule has 2 aliphatic rings. The van der Waals surface area contributed by atoms with E-state index in [0.717, 1.165) is 24.0 Å². The molecular formula is C28H33Cl2N3O2. The Kier molecular flexibility index (Phi) is 7.50. The lowest BCUT2D eigenvalue weighted by Gasteiger charge is -2.37. The molecule has 5 nitrogen and oxygen atoms in total. The molecule has 186 valence electrons. The van der Waals surface area contributed by atoms with Crippen molar-refractivity contribution in [3.05, 3.63) is 69.7 Å². The highest BCUT2D eigenvalue weighted by Crippen LogP contribution is 2.52. The minimum atomic E-state index is -1.03. The van der Waals surface area contributed by atoms with Crippen molar-refractivity contribution < 1.29 is 9.90 Å². The maximum atomic E-state index is 14.1. The number of carbonyl (C=O) groups excluding carboxylic acids is 1. The summed E-state index contributed by atoms with van der Waals surface area (Å²) in [6.45, 7) is 6.97. The molecule has 1 amide bonds. The maximum Gasteiger partial charge on any atom is 0.240 e. The molecule has 0 saturated carbocycles. The van der Waals surface area contributed by atoms with Gasteiger partial charge in [0.2, 0.25) is 5.91 Å². The minimum Gasteiger partial charge on any atom is -0.394 e. The first-order valence-corrected chi connectivity index (χ1v) is 13.0. The molecular weight excluding hydrogens is 481 g/mol. The first-order valence-electron chi connectivity index (χ1n) is 12.2. The minimum absolute atomic E-state index is 0.0632. The van der Waals surface area contributed by atoms with E-state index >= 15 is 0 Å². The fourth-order valence-corrected chi connectivity index (χ4v) is 6.26. The molecule has 5 atom stereocenters. The van der Waals surface area contributed by atoms with Gasteiger partial charge in [-0.05, 0) is 60.1 Å². The highest BCUT2D eigenvalue weighted by molar-refractivity contribution is 6.30. The highest BCUT2D eigenvalue weighted by atomic mass is 35.5. The summed E-state index contributed by atoms with van der Waals surface area (Å²) < 4.78 is 0. The smallest absolute Gasteiger partial charge is 0.240 e. The number of likely N-dealkylation sites (tertiary alicyclic amines) is 1. The molecule has 2 aromatic carbocycles. The summed E-state index contributed by atoms with van der Waals surface area (Å²) in [6.07, 6.45) is 2.33. The van der Waals surface area contributed by atoms with E-state index in [1.54, 1.807) is 23.1 Å². The molecule has 0 aromatic heterocycles. The largest absolute Gasteiger partial charge is 0.394 e. The predicted molar refractivity (Wildman–Crippen MR) is 140 cm³/mol. The molecule has 0 spiro atoms. The first kappa shape index (κ1) is 26.0. The summed E-state index contributed by atoms with van der Waals surface area (Å²) in [4.78, 5) is 15.9. The van der Waals surface area contributed by atoms with Crippen molar-refractivity contribution in [2.45, 2.75) is 69.5 Å². The van der Waals surface area contributed by atoms with Gasteiger partial charge in [0, 0.05) is 28.5 Å². The molecule has 35 heavy (non-hydrogen) atoms. The van der Waals surface area contributed by atoms with Crippen molar-refractivity contribution in [2.75, 3.05) is 13.2 Å². The van der Waals surface area contributed by atoms with Gasteiger partial charge in [-0.2, -0.15) is 5.26 Å². The van der Waals surface area contributed by atoms with Crippen molar-refractivity contribution in [1.82, 2.24) is 10.2 Å². The molecule has 1 unspecified atom stereocenters. The van der Waals surface area contributed by atoms with Crippen molar-refractivity contribution >= 4 is 29.1 Å². The van der Waals surface area contributed by atoms with Gasteiger partial charge < -0.3 is 15.3 Å². The van der Waals surface area contributed by atoms with E-state index in [1.807, 2.05) is 30.3 Å². The quantitative estimate of drug-likeness (QED) is 0.568. The lowest BCUT2D eigenvalue weighted by atomic mass is 9.63. The van der Waals surface area contributed by atoms with Crippen LogP contribution in [0, 0.1) is 16.7 Å². The van der Waals surface area contributed by atoms with Crippen LogP contribution in [0.4, 0.5) is 0 Å². The van der Waals surface area contributed by atoms with Crippen LogP contribution in [0.2, 0.25) is 10.0 Å². The van der Waals surface area contributed by atoms with Crippen LogP contribution in [-0.2, 0) is 10.2 Å². The molecule has 7 heteroatoms. The summed E-state index contributed by atoms with van der Waals surface area (Å²) in [6, 6.07) is 16.5.